The monoisotopic (exact) mass is 531 g/mol. The maximum atomic E-state index is 13.9. The van der Waals surface area contributed by atoms with Crippen LogP contribution in [0.3, 0.4) is 0 Å². The summed E-state index contributed by atoms with van der Waals surface area (Å²) in [7, 11) is 1.53. The van der Waals surface area contributed by atoms with E-state index in [1.807, 2.05) is 24.3 Å². The quantitative estimate of drug-likeness (QED) is 0.404. The Morgan fingerprint density at radius 3 is 2.51 bits per heavy atom. The lowest BCUT2D eigenvalue weighted by molar-refractivity contribution is 0.101. The van der Waals surface area contributed by atoms with Crippen molar-refractivity contribution in [2.45, 2.75) is 102 Å². The van der Waals surface area contributed by atoms with Gasteiger partial charge in [0.1, 0.15) is 0 Å². The zero-order valence-corrected chi connectivity index (χ0v) is 23.4. The van der Waals surface area contributed by atoms with E-state index in [0.717, 1.165) is 18.4 Å². The highest BCUT2D eigenvalue weighted by Crippen LogP contribution is 2.35. The van der Waals surface area contributed by atoms with Crippen molar-refractivity contribution < 1.29 is 9.53 Å². The zero-order valence-electron chi connectivity index (χ0n) is 23.4. The number of nitrogens with one attached hydrogen (secondary N) is 1. The average Bonchev–Trinajstić information content (AvgIpc) is 3.27. The van der Waals surface area contributed by atoms with Crippen LogP contribution >= 0.6 is 0 Å². The summed E-state index contributed by atoms with van der Waals surface area (Å²) >= 11 is 0. The molecule has 8 nitrogen and oxygen atoms in total. The Balaban J connectivity index is 1.42. The number of rotatable bonds is 7. The van der Waals surface area contributed by atoms with Gasteiger partial charge in [-0.15, -0.1) is 0 Å². The summed E-state index contributed by atoms with van der Waals surface area (Å²) in [5.41, 5.74) is 1.42. The van der Waals surface area contributed by atoms with Crippen molar-refractivity contribution in [1.82, 2.24) is 19.4 Å². The topological polar surface area (TPSA) is 89.4 Å². The highest BCUT2D eigenvalue weighted by molar-refractivity contribution is 6.03. The second kappa shape index (κ2) is 12.3. The Labute approximate surface area is 230 Å². The zero-order chi connectivity index (χ0) is 27.4. The van der Waals surface area contributed by atoms with E-state index in [-0.39, 0.29) is 17.3 Å². The number of nitrogens with zero attached hydrogens (tertiary/aromatic N) is 4. The van der Waals surface area contributed by atoms with Crippen LogP contribution in [0.5, 0.6) is 5.88 Å². The number of carbonyl (C=O) groups excluding carboxylic acids is 1. The van der Waals surface area contributed by atoms with E-state index in [2.05, 4.69) is 34.0 Å². The molecule has 0 radical (unpaired) electrons. The van der Waals surface area contributed by atoms with E-state index >= 15 is 0 Å². The number of para-hydroxylation sites is 2. The fraction of sp³-hybridized carbons (Fsp3) is 0.548. The lowest BCUT2D eigenvalue weighted by Crippen LogP contribution is -2.44. The van der Waals surface area contributed by atoms with Gasteiger partial charge >= 0.3 is 0 Å². The molecule has 1 N–H and O–H groups in total. The van der Waals surface area contributed by atoms with Crippen molar-refractivity contribution in [3.63, 3.8) is 0 Å². The summed E-state index contributed by atoms with van der Waals surface area (Å²) in [6.07, 6.45) is 14.0. The van der Waals surface area contributed by atoms with Gasteiger partial charge in [-0.3, -0.25) is 14.5 Å². The average molecular weight is 532 g/mol. The van der Waals surface area contributed by atoms with E-state index in [1.165, 1.54) is 64.7 Å². The van der Waals surface area contributed by atoms with Gasteiger partial charge in [0.2, 0.25) is 5.88 Å². The molecule has 0 spiro atoms. The molecule has 1 amide bonds. The van der Waals surface area contributed by atoms with Crippen molar-refractivity contribution in [1.29, 1.82) is 0 Å². The Bertz CT molecular complexity index is 1330. The van der Waals surface area contributed by atoms with Gasteiger partial charge in [-0.1, -0.05) is 44.2 Å². The standard InChI is InChI=1S/C31H41N5O3/c1-21-15-17-25(35(21)24-11-7-5-4-6-8-12-24)19-22(2)36-27-14-10-9-13-26(27)34-29(31(36)38)30(37)33-23-16-18-28(39-3)32-20-23/h9-10,13-14,16,18,20-22,24-25H,4-8,11-12,15,17,19H2,1-3H3,(H,33,37)/t21-,22-,25-/m0/s1. The van der Waals surface area contributed by atoms with Crippen LogP contribution in [0.1, 0.15) is 94.6 Å². The van der Waals surface area contributed by atoms with Crippen molar-refractivity contribution >= 4 is 22.6 Å². The summed E-state index contributed by atoms with van der Waals surface area (Å²) < 4.78 is 6.89. The molecule has 1 aliphatic carbocycles. The van der Waals surface area contributed by atoms with Crippen LogP contribution in [0.15, 0.2) is 47.4 Å². The molecule has 1 saturated carbocycles. The first-order valence-corrected chi connectivity index (χ1v) is 14.6. The number of likely N-dealkylation sites (tertiary alicyclic amines) is 1. The molecule has 1 aromatic carbocycles. The molecular formula is C31H41N5O3. The van der Waals surface area contributed by atoms with Gasteiger partial charge in [0, 0.05) is 30.2 Å². The smallest absolute Gasteiger partial charge is 0.282 e. The molecule has 2 aromatic heterocycles. The van der Waals surface area contributed by atoms with Gasteiger partial charge in [-0.05, 0) is 64.2 Å². The molecule has 1 aliphatic heterocycles. The van der Waals surface area contributed by atoms with Crippen molar-refractivity contribution in [2.24, 2.45) is 0 Å². The molecule has 208 valence electrons. The van der Waals surface area contributed by atoms with Gasteiger partial charge in [0.05, 0.1) is 30.0 Å². The van der Waals surface area contributed by atoms with E-state index < -0.39 is 5.91 Å². The van der Waals surface area contributed by atoms with Gasteiger partial charge in [-0.25, -0.2) is 9.97 Å². The van der Waals surface area contributed by atoms with Crippen LogP contribution in [0, 0.1) is 0 Å². The molecule has 0 bridgehead atoms. The number of ether oxygens (including phenoxy) is 1. The van der Waals surface area contributed by atoms with Crippen LogP contribution < -0.4 is 15.6 Å². The van der Waals surface area contributed by atoms with Crippen molar-refractivity contribution in [3.8, 4) is 5.88 Å². The highest BCUT2D eigenvalue weighted by atomic mass is 16.5. The molecular weight excluding hydrogens is 490 g/mol. The third kappa shape index (κ3) is 6.01. The maximum Gasteiger partial charge on any atom is 0.282 e. The second-order valence-electron chi connectivity index (χ2n) is 11.3. The number of amides is 1. The van der Waals surface area contributed by atoms with Crippen LogP contribution in [0.4, 0.5) is 5.69 Å². The second-order valence-corrected chi connectivity index (χ2v) is 11.3. The summed E-state index contributed by atoms with van der Waals surface area (Å²) in [5, 5.41) is 2.78. The maximum absolute atomic E-state index is 13.9. The summed E-state index contributed by atoms with van der Waals surface area (Å²) in [6, 6.07) is 12.5. The minimum absolute atomic E-state index is 0.0778. The summed E-state index contributed by atoms with van der Waals surface area (Å²) in [5.74, 6) is -0.0907. The van der Waals surface area contributed by atoms with Gasteiger partial charge in [-0.2, -0.15) is 0 Å². The number of carbonyl (C=O) groups is 1. The third-order valence-electron chi connectivity index (χ3n) is 8.61. The van der Waals surface area contributed by atoms with Gasteiger partial charge < -0.3 is 14.6 Å². The first-order valence-electron chi connectivity index (χ1n) is 14.6. The normalized spacial score (nSPS) is 21.8. The number of hydrogen-bond acceptors (Lipinski definition) is 6. The molecule has 3 heterocycles. The van der Waals surface area contributed by atoms with Gasteiger partial charge in [0.25, 0.3) is 11.5 Å². The SMILES string of the molecule is COc1ccc(NC(=O)c2nc3ccccc3n([C@@H](C)C[C@@H]3CC[C@H](C)N3C3CCCCCCC3)c2=O)cn1. The van der Waals surface area contributed by atoms with Crippen molar-refractivity contribution in [3.05, 3.63) is 58.6 Å². The molecule has 2 aliphatic rings. The number of fused-ring (bicyclic) bond motifs is 1. The number of anilines is 1. The Morgan fingerprint density at radius 1 is 1.05 bits per heavy atom. The lowest BCUT2D eigenvalue weighted by atomic mass is 9.94. The molecule has 5 rings (SSSR count). The fourth-order valence-electron chi connectivity index (χ4n) is 6.73. The number of methoxy groups -OCH3 is 1. The number of benzene rings is 1. The summed E-state index contributed by atoms with van der Waals surface area (Å²) in [6.45, 7) is 4.48. The van der Waals surface area contributed by atoms with Crippen LogP contribution in [0.25, 0.3) is 11.0 Å². The van der Waals surface area contributed by atoms with Crippen LogP contribution in [-0.2, 0) is 0 Å². The molecule has 39 heavy (non-hydrogen) atoms. The molecule has 1 saturated heterocycles. The van der Waals surface area contributed by atoms with E-state index in [0.29, 0.717) is 35.2 Å². The Morgan fingerprint density at radius 2 is 1.79 bits per heavy atom. The highest BCUT2D eigenvalue weighted by Gasteiger charge is 2.36. The van der Waals surface area contributed by atoms with Gasteiger partial charge in [0.15, 0.2) is 5.69 Å². The fourth-order valence-corrected chi connectivity index (χ4v) is 6.73. The number of aromatic nitrogens is 3. The van der Waals surface area contributed by atoms with Crippen molar-refractivity contribution in [2.75, 3.05) is 12.4 Å². The Hall–Kier alpha value is -3.26. The molecule has 0 unspecified atom stereocenters. The molecule has 8 heteroatoms. The van der Waals surface area contributed by atoms with Crippen LogP contribution in [0.2, 0.25) is 0 Å². The summed E-state index contributed by atoms with van der Waals surface area (Å²) in [4.78, 5) is 38.5. The predicted molar refractivity (Wildman–Crippen MR) is 155 cm³/mol. The predicted octanol–water partition coefficient (Wildman–Crippen LogP) is 5.97. The minimum atomic E-state index is -0.538. The number of pyridine rings is 1. The molecule has 3 atom stereocenters. The number of hydrogen-bond donors (Lipinski definition) is 1. The lowest BCUT2D eigenvalue weighted by Gasteiger charge is -2.38. The van der Waals surface area contributed by atoms with E-state index in [1.54, 1.807) is 16.7 Å². The Kier molecular flexibility index (Phi) is 8.60. The van der Waals surface area contributed by atoms with Crippen LogP contribution in [-0.4, -0.2) is 50.6 Å². The largest absolute Gasteiger partial charge is 0.481 e. The van der Waals surface area contributed by atoms with E-state index in [9.17, 15) is 9.59 Å². The molecule has 3 aromatic rings. The third-order valence-corrected chi connectivity index (χ3v) is 8.61. The molecule has 2 fully saturated rings. The van der Waals surface area contributed by atoms with E-state index in [4.69, 9.17) is 4.74 Å². The minimum Gasteiger partial charge on any atom is -0.481 e. The first kappa shape index (κ1) is 27.3. The first-order chi connectivity index (χ1) is 19.0.